The molecule has 2 aromatic carbocycles. The Morgan fingerprint density at radius 3 is 2.31 bits per heavy atom. The molecule has 2 atom stereocenters. The molecule has 2 unspecified atom stereocenters. The topological polar surface area (TPSA) is 77.1 Å². The minimum atomic E-state index is -0.262. The zero-order chi connectivity index (χ0) is 23.1. The van der Waals surface area contributed by atoms with Gasteiger partial charge in [-0.2, -0.15) is 0 Å². The highest BCUT2D eigenvalue weighted by molar-refractivity contribution is 5.81. The smallest absolute Gasteiger partial charge is 0.224 e. The quantitative estimate of drug-likeness (QED) is 0.683. The maximum Gasteiger partial charge on any atom is 0.224 e. The van der Waals surface area contributed by atoms with E-state index in [9.17, 15) is 9.59 Å². The van der Waals surface area contributed by atoms with Crippen LogP contribution >= 0.6 is 0 Å². The summed E-state index contributed by atoms with van der Waals surface area (Å²) in [6.07, 6.45) is 1.41. The summed E-state index contributed by atoms with van der Waals surface area (Å²) in [6.45, 7) is 3.12. The van der Waals surface area contributed by atoms with Gasteiger partial charge >= 0.3 is 0 Å². The highest BCUT2D eigenvalue weighted by Crippen LogP contribution is 2.35. The lowest BCUT2D eigenvalue weighted by atomic mass is 9.83. The van der Waals surface area contributed by atoms with Gasteiger partial charge in [-0.15, -0.1) is 0 Å². The largest absolute Gasteiger partial charge is 0.497 e. The van der Waals surface area contributed by atoms with Crippen LogP contribution in [0.15, 0.2) is 42.5 Å². The summed E-state index contributed by atoms with van der Waals surface area (Å²) in [6, 6.07) is 13.6. The molecule has 1 saturated heterocycles. The van der Waals surface area contributed by atoms with E-state index in [1.165, 1.54) is 0 Å². The molecule has 2 amide bonds. The molecule has 1 aliphatic heterocycles. The molecule has 7 heteroatoms. The van der Waals surface area contributed by atoms with Gasteiger partial charge < -0.3 is 24.4 Å². The van der Waals surface area contributed by atoms with Gasteiger partial charge in [0.2, 0.25) is 11.8 Å². The van der Waals surface area contributed by atoms with Gasteiger partial charge in [0, 0.05) is 32.5 Å². The number of rotatable bonds is 8. The van der Waals surface area contributed by atoms with Crippen molar-refractivity contribution in [3.8, 4) is 17.2 Å². The predicted molar refractivity (Wildman–Crippen MR) is 122 cm³/mol. The van der Waals surface area contributed by atoms with E-state index in [4.69, 9.17) is 14.2 Å². The second-order valence-corrected chi connectivity index (χ2v) is 8.06. The minimum absolute atomic E-state index is 0.0186. The van der Waals surface area contributed by atoms with E-state index in [2.05, 4.69) is 5.32 Å². The molecule has 2 aromatic rings. The van der Waals surface area contributed by atoms with Crippen molar-refractivity contribution in [1.82, 2.24) is 10.2 Å². The van der Waals surface area contributed by atoms with E-state index in [1.54, 1.807) is 33.2 Å². The molecule has 1 heterocycles. The van der Waals surface area contributed by atoms with Crippen LogP contribution in [0.25, 0.3) is 0 Å². The number of hydrogen-bond donors (Lipinski definition) is 1. The summed E-state index contributed by atoms with van der Waals surface area (Å²) in [4.78, 5) is 26.9. The normalized spacial score (nSPS) is 18.1. The van der Waals surface area contributed by atoms with Crippen LogP contribution in [0.3, 0.4) is 0 Å². The number of nitrogens with zero attached hydrogens (tertiary/aromatic N) is 1. The zero-order valence-electron chi connectivity index (χ0n) is 19.2. The molecule has 3 rings (SSSR count). The summed E-state index contributed by atoms with van der Waals surface area (Å²) in [7, 11) is 4.84. The molecule has 0 aromatic heterocycles. The van der Waals surface area contributed by atoms with Crippen molar-refractivity contribution in [2.75, 3.05) is 41.0 Å². The number of carbonyl (C=O) groups is 2. The standard InChI is InChI=1S/C25H32N2O5/c1-17(28)27-15-20(19-7-10-23(31-3)24(14-19)32-4)13-21(16-27)25(29)26-12-11-18-5-8-22(30-2)9-6-18/h5-10,14,20-21H,11-13,15-16H2,1-4H3,(H,26,29). The second kappa shape index (κ2) is 10.9. The molecule has 7 nitrogen and oxygen atoms in total. The van der Waals surface area contributed by atoms with Gasteiger partial charge in [-0.05, 0) is 48.2 Å². The first-order valence-electron chi connectivity index (χ1n) is 10.8. The Hall–Kier alpha value is -3.22. The van der Waals surface area contributed by atoms with Crippen molar-refractivity contribution in [2.24, 2.45) is 5.92 Å². The van der Waals surface area contributed by atoms with E-state index in [0.717, 1.165) is 23.3 Å². The highest BCUT2D eigenvalue weighted by atomic mass is 16.5. The van der Waals surface area contributed by atoms with Crippen LogP contribution in [0.5, 0.6) is 17.2 Å². The molecule has 0 radical (unpaired) electrons. The van der Waals surface area contributed by atoms with Crippen molar-refractivity contribution in [3.63, 3.8) is 0 Å². The van der Waals surface area contributed by atoms with E-state index in [-0.39, 0.29) is 23.7 Å². The zero-order valence-corrected chi connectivity index (χ0v) is 19.2. The van der Waals surface area contributed by atoms with Crippen molar-refractivity contribution in [1.29, 1.82) is 0 Å². The molecule has 0 aliphatic carbocycles. The van der Waals surface area contributed by atoms with E-state index < -0.39 is 0 Å². The fraction of sp³-hybridized carbons (Fsp3) is 0.440. The van der Waals surface area contributed by atoms with Crippen molar-refractivity contribution in [2.45, 2.75) is 25.7 Å². The average Bonchev–Trinajstić information content (AvgIpc) is 2.83. The van der Waals surface area contributed by atoms with Crippen LogP contribution in [-0.2, 0) is 16.0 Å². The summed E-state index contributed by atoms with van der Waals surface area (Å²) in [5.74, 6) is 1.85. The number of benzene rings is 2. The monoisotopic (exact) mass is 440 g/mol. The molecule has 0 spiro atoms. The predicted octanol–water partition coefficient (Wildman–Crippen LogP) is 3.02. The first kappa shape index (κ1) is 23.4. The fourth-order valence-corrected chi connectivity index (χ4v) is 4.16. The second-order valence-electron chi connectivity index (χ2n) is 8.06. The van der Waals surface area contributed by atoms with Crippen molar-refractivity contribution in [3.05, 3.63) is 53.6 Å². The number of ether oxygens (including phenoxy) is 3. The van der Waals surface area contributed by atoms with Crippen LogP contribution in [0.1, 0.15) is 30.4 Å². The molecule has 0 saturated carbocycles. The third-order valence-electron chi connectivity index (χ3n) is 6.02. The molecule has 1 fully saturated rings. The number of likely N-dealkylation sites (tertiary alicyclic amines) is 1. The van der Waals surface area contributed by atoms with Crippen LogP contribution in [0.2, 0.25) is 0 Å². The molecular weight excluding hydrogens is 408 g/mol. The molecule has 1 N–H and O–H groups in total. The molecule has 32 heavy (non-hydrogen) atoms. The number of amides is 2. The summed E-state index contributed by atoms with van der Waals surface area (Å²) in [5.41, 5.74) is 2.16. The highest BCUT2D eigenvalue weighted by Gasteiger charge is 2.33. The van der Waals surface area contributed by atoms with Gasteiger partial charge in [0.05, 0.1) is 27.2 Å². The van der Waals surface area contributed by atoms with Crippen LogP contribution < -0.4 is 19.5 Å². The van der Waals surface area contributed by atoms with Crippen molar-refractivity contribution >= 4 is 11.8 Å². The minimum Gasteiger partial charge on any atom is -0.497 e. The van der Waals surface area contributed by atoms with E-state index in [1.807, 2.05) is 42.5 Å². The van der Waals surface area contributed by atoms with Gasteiger partial charge in [0.15, 0.2) is 11.5 Å². The van der Waals surface area contributed by atoms with Crippen LogP contribution in [-0.4, -0.2) is 57.7 Å². The SMILES string of the molecule is COc1ccc(CCNC(=O)C2CC(c3ccc(OC)c(OC)c3)CN(C(C)=O)C2)cc1. The lowest BCUT2D eigenvalue weighted by Gasteiger charge is -2.37. The van der Waals surface area contributed by atoms with Gasteiger partial charge in [-0.3, -0.25) is 9.59 Å². The van der Waals surface area contributed by atoms with Gasteiger partial charge in [-0.25, -0.2) is 0 Å². The Kier molecular flexibility index (Phi) is 7.98. The third kappa shape index (κ3) is 5.72. The maximum absolute atomic E-state index is 12.9. The lowest BCUT2D eigenvalue weighted by molar-refractivity contribution is -0.134. The summed E-state index contributed by atoms with van der Waals surface area (Å²) >= 11 is 0. The third-order valence-corrected chi connectivity index (χ3v) is 6.02. The van der Waals surface area contributed by atoms with Gasteiger partial charge in [0.25, 0.3) is 0 Å². The average molecular weight is 441 g/mol. The molecular formula is C25H32N2O5. The van der Waals surface area contributed by atoms with Crippen LogP contribution in [0.4, 0.5) is 0 Å². The summed E-state index contributed by atoms with van der Waals surface area (Å²) < 4.78 is 15.9. The van der Waals surface area contributed by atoms with E-state index >= 15 is 0 Å². The van der Waals surface area contributed by atoms with Crippen molar-refractivity contribution < 1.29 is 23.8 Å². The number of carbonyl (C=O) groups excluding carboxylic acids is 2. The Bertz CT molecular complexity index is 928. The Morgan fingerprint density at radius 1 is 0.969 bits per heavy atom. The number of nitrogens with one attached hydrogen (secondary N) is 1. The summed E-state index contributed by atoms with van der Waals surface area (Å²) in [5, 5.41) is 3.05. The van der Waals surface area contributed by atoms with Gasteiger partial charge in [0.1, 0.15) is 5.75 Å². The Balaban J connectivity index is 1.65. The van der Waals surface area contributed by atoms with Gasteiger partial charge in [-0.1, -0.05) is 18.2 Å². The Labute approximate surface area is 189 Å². The van der Waals surface area contributed by atoms with Crippen LogP contribution in [0, 0.1) is 5.92 Å². The van der Waals surface area contributed by atoms with E-state index in [0.29, 0.717) is 37.6 Å². The molecule has 1 aliphatic rings. The maximum atomic E-state index is 12.9. The number of hydrogen-bond acceptors (Lipinski definition) is 5. The number of methoxy groups -OCH3 is 3. The fourth-order valence-electron chi connectivity index (χ4n) is 4.16. The lowest BCUT2D eigenvalue weighted by Crippen LogP contribution is -2.47. The first-order chi connectivity index (χ1) is 15.4. The molecule has 172 valence electrons. The number of piperidine rings is 1. The Morgan fingerprint density at radius 2 is 1.69 bits per heavy atom. The first-order valence-corrected chi connectivity index (χ1v) is 10.8. The molecule has 0 bridgehead atoms.